The maximum absolute atomic E-state index is 11.9. The van der Waals surface area contributed by atoms with E-state index in [-0.39, 0.29) is 5.78 Å². The molecule has 0 aromatic heterocycles. The van der Waals surface area contributed by atoms with Crippen LogP contribution in [0, 0.1) is 5.92 Å². The Hall–Kier alpha value is -1.29. The molecule has 92 valence electrons. The van der Waals surface area contributed by atoms with E-state index in [0.717, 1.165) is 10.6 Å². The van der Waals surface area contributed by atoms with Crippen LogP contribution in [0.25, 0.3) is 0 Å². The third-order valence-corrected chi connectivity index (χ3v) is 3.29. The van der Waals surface area contributed by atoms with Crippen LogP contribution >= 0.6 is 11.8 Å². The first-order valence-corrected chi connectivity index (χ1v) is 6.43. The minimum Gasteiger partial charge on any atom is -0.468 e. The lowest BCUT2D eigenvalue weighted by Gasteiger charge is -2.08. The van der Waals surface area contributed by atoms with Crippen molar-refractivity contribution < 1.29 is 14.3 Å². The first-order chi connectivity index (χ1) is 8.10. The average molecular weight is 252 g/mol. The Balaban J connectivity index is 2.79. The van der Waals surface area contributed by atoms with Crippen LogP contribution in [0.5, 0.6) is 0 Å². The molecule has 0 radical (unpaired) electrons. The van der Waals surface area contributed by atoms with Gasteiger partial charge in [-0.3, -0.25) is 9.59 Å². The summed E-state index contributed by atoms with van der Waals surface area (Å²) in [4.78, 5) is 24.3. The third kappa shape index (κ3) is 3.60. The SMILES string of the molecule is CCSc1ccc(C(=O)C(C)C(=O)OC)cc1. The molecular formula is C13H16O3S. The van der Waals surface area contributed by atoms with Gasteiger partial charge in [-0.05, 0) is 24.8 Å². The fraction of sp³-hybridized carbons (Fsp3) is 0.385. The fourth-order valence-electron chi connectivity index (χ4n) is 1.42. The number of ketones is 1. The molecule has 1 unspecified atom stereocenters. The second kappa shape index (κ2) is 6.45. The summed E-state index contributed by atoms with van der Waals surface area (Å²) in [7, 11) is 1.28. The highest BCUT2D eigenvalue weighted by Crippen LogP contribution is 2.19. The quantitative estimate of drug-likeness (QED) is 0.350. The van der Waals surface area contributed by atoms with Gasteiger partial charge in [-0.1, -0.05) is 19.1 Å². The minimum absolute atomic E-state index is 0.204. The molecule has 1 aromatic carbocycles. The van der Waals surface area contributed by atoms with Gasteiger partial charge in [-0.25, -0.2) is 0 Å². The lowest BCUT2D eigenvalue weighted by Crippen LogP contribution is -2.22. The van der Waals surface area contributed by atoms with Gasteiger partial charge in [0.15, 0.2) is 5.78 Å². The van der Waals surface area contributed by atoms with Gasteiger partial charge in [0.2, 0.25) is 0 Å². The van der Waals surface area contributed by atoms with Gasteiger partial charge in [-0.15, -0.1) is 11.8 Å². The highest BCUT2D eigenvalue weighted by Gasteiger charge is 2.23. The number of methoxy groups -OCH3 is 1. The van der Waals surface area contributed by atoms with Crippen molar-refractivity contribution in [1.29, 1.82) is 0 Å². The van der Waals surface area contributed by atoms with Crippen molar-refractivity contribution in [3.8, 4) is 0 Å². The largest absolute Gasteiger partial charge is 0.468 e. The van der Waals surface area contributed by atoms with E-state index >= 15 is 0 Å². The predicted molar refractivity (Wildman–Crippen MR) is 68.4 cm³/mol. The summed E-state index contributed by atoms with van der Waals surface area (Å²) >= 11 is 1.71. The summed E-state index contributed by atoms with van der Waals surface area (Å²) in [5.74, 6) is -0.456. The molecule has 17 heavy (non-hydrogen) atoms. The molecule has 0 aliphatic carbocycles. The first kappa shape index (κ1) is 13.8. The summed E-state index contributed by atoms with van der Waals surface area (Å²) in [6, 6.07) is 7.29. The summed E-state index contributed by atoms with van der Waals surface area (Å²) in [6.45, 7) is 3.63. The van der Waals surface area contributed by atoms with Gasteiger partial charge >= 0.3 is 5.97 Å². The summed E-state index contributed by atoms with van der Waals surface area (Å²) < 4.78 is 4.55. The van der Waals surface area contributed by atoms with Crippen LogP contribution in [-0.2, 0) is 9.53 Å². The second-order valence-corrected chi connectivity index (χ2v) is 4.90. The number of benzene rings is 1. The Labute approximate surface area is 106 Å². The molecule has 0 saturated heterocycles. The minimum atomic E-state index is -0.746. The molecule has 0 amide bonds. The lowest BCUT2D eigenvalue weighted by molar-refractivity contribution is -0.143. The van der Waals surface area contributed by atoms with Crippen molar-refractivity contribution in [2.24, 2.45) is 5.92 Å². The highest BCUT2D eigenvalue weighted by atomic mass is 32.2. The van der Waals surface area contributed by atoms with E-state index in [2.05, 4.69) is 11.7 Å². The third-order valence-electron chi connectivity index (χ3n) is 2.40. The lowest BCUT2D eigenvalue weighted by atomic mass is 10.00. The Morgan fingerprint density at radius 3 is 2.35 bits per heavy atom. The highest BCUT2D eigenvalue weighted by molar-refractivity contribution is 7.99. The zero-order chi connectivity index (χ0) is 12.8. The van der Waals surface area contributed by atoms with Crippen LogP contribution in [0.4, 0.5) is 0 Å². The first-order valence-electron chi connectivity index (χ1n) is 5.45. The van der Waals surface area contributed by atoms with E-state index in [1.165, 1.54) is 7.11 Å². The van der Waals surface area contributed by atoms with Crippen molar-refractivity contribution in [3.63, 3.8) is 0 Å². The van der Waals surface area contributed by atoms with Gasteiger partial charge in [-0.2, -0.15) is 0 Å². The van der Waals surface area contributed by atoms with Gasteiger partial charge in [0.25, 0.3) is 0 Å². The molecule has 1 atom stereocenters. The molecule has 4 heteroatoms. The molecule has 3 nitrogen and oxygen atoms in total. The van der Waals surface area contributed by atoms with E-state index < -0.39 is 11.9 Å². The van der Waals surface area contributed by atoms with Gasteiger partial charge in [0.05, 0.1) is 7.11 Å². The Bertz CT molecular complexity index is 398. The molecule has 0 spiro atoms. The van der Waals surface area contributed by atoms with Crippen LogP contribution in [0.2, 0.25) is 0 Å². The smallest absolute Gasteiger partial charge is 0.316 e. The number of esters is 1. The van der Waals surface area contributed by atoms with Crippen LogP contribution in [-0.4, -0.2) is 24.6 Å². The standard InChI is InChI=1S/C13H16O3S/c1-4-17-11-7-5-10(6-8-11)12(14)9(2)13(15)16-3/h5-9H,4H2,1-3H3. The van der Waals surface area contributed by atoms with Crippen molar-refractivity contribution in [3.05, 3.63) is 29.8 Å². The number of hydrogen-bond donors (Lipinski definition) is 0. The average Bonchev–Trinajstić information content (AvgIpc) is 2.37. The Morgan fingerprint density at radius 1 is 1.29 bits per heavy atom. The maximum atomic E-state index is 11.9. The summed E-state index contributed by atoms with van der Waals surface area (Å²) in [5, 5.41) is 0. The molecule has 0 bridgehead atoms. The molecule has 0 saturated carbocycles. The monoisotopic (exact) mass is 252 g/mol. The van der Waals surface area contributed by atoms with E-state index in [1.807, 2.05) is 12.1 Å². The number of ether oxygens (including phenoxy) is 1. The van der Waals surface area contributed by atoms with E-state index in [0.29, 0.717) is 5.56 Å². The summed E-state index contributed by atoms with van der Waals surface area (Å²) in [5.41, 5.74) is 0.545. The number of carbonyl (C=O) groups excluding carboxylic acids is 2. The van der Waals surface area contributed by atoms with Gasteiger partial charge < -0.3 is 4.74 Å². The van der Waals surface area contributed by atoms with Crippen LogP contribution in [0.1, 0.15) is 24.2 Å². The zero-order valence-corrected chi connectivity index (χ0v) is 11.0. The van der Waals surface area contributed by atoms with Crippen LogP contribution < -0.4 is 0 Å². The van der Waals surface area contributed by atoms with Crippen molar-refractivity contribution in [2.75, 3.05) is 12.9 Å². The van der Waals surface area contributed by atoms with Crippen molar-refractivity contribution in [2.45, 2.75) is 18.7 Å². The summed E-state index contributed by atoms with van der Waals surface area (Å²) in [6.07, 6.45) is 0. The van der Waals surface area contributed by atoms with Gasteiger partial charge in [0, 0.05) is 10.5 Å². The normalized spacial score (nSPS) is 11.9. The molecular weight excluding hydrogens is 236 g/mol. The Morgan fingerprint density at radius 2 is 1.88 bits per heavy atom. The molecule has 1 rings (SSSR count). The van der Waals surface area contributed by atoms with E-state index in [4.69, 9.17) is 0 Å². The van der Waals surface area contributed by atoms with Crippen LogP contribution in [0.15, 0.2) is 29.2 Å². The topological polar surface area (TPSA) is 43.4 Å². The van der Waals surface area contributed by atoms with Crippen molar-refractivity contribution >= 4 is 23.5 Å². The molecule has 0 aliphatic rings. The zero-order valence-electron chi connectivity index (χ0n) is 10.2. The molecule has 0 fully saturated rings. The van der Waals surface area contributed by atoms with Gasteiger partial charge in [0.1, 0.15) is 5.92 Å². The molecule has 0 aliphatic heterocycles. The van der Waals surface area contributed by atoms with Crippen molar-refractivity contribution in [1.82, 2.24) is 0 Å². The van der Waals surface area contributed by atoms with E-state index in [9.17, 15) is 9.59 Å². The molecule has 0 heterocycles. The fourth-order valence-corrected chi connectivity index (χ4v) is 2.08. The molecule has 0 N–H and O–H groups in total. The van der Waals surface area contributed by atoms with Crippen LogP contribution in [0.3, 0.4) is 0 Å². The molecule has 1 aromatic rings. The number of rotatable bonds is 5. The number of thioether (sulfide) groups is 1. The number of hydrogen-bond acceptors (Lipinski definition) is 4. The number of Topliss-reactive ketones (excluding diaryl/α,β-unsaturated/α-hetero) is 1. The predicted octanol–water partition coefficient (Wildman–Crippen LogP) is 2.79. The maximum Gasteiger partial charge on any atom is 0.316 e. The van der Waals surface area contributed by atoms with E-state index in [1.54, 1.807) is 30.8 Å². The Kier molecular flexibility index (Phi) is 5.22. The number of carbonyl (C=O) groups is 2. The second-order valence-electron chi connectivity index (χ2n) is 3.57.